The Kier molecular flexibility index (Phi) is 3.91. The Morgan fingerprint density at radius 2 is 2.21 bits per heavy atom. The predicted molar refractivity (Wildman–Crippen MR) is 70.9 cm³/mol. The summed E-state index contributed by atoms with van der Waals surface area (Å²) in [5, 5.41) is 6.87. The molecule has 0 aliphatic heterocycles. The van der Waals surface area contributed by atoms with E-state index in [1.54, 1.807) is 36.5 Å². The quantitative estimate of drug-likeness (QED) is 0.846. The molecule has 0 aliphatic carbocycles. The average Bonchev–Trinajstić information content (AvgIpc) is 2.85. The number of hydrogen-bond acceptors (Lipinski definition) is 4. The standard InChI is InChI=1S/C13H17N5O/c1-9(10-4-3-5-15-6-10)17-13(19)12(14)11-7-16-18(2)8-11/h3-9,12H,14H2,1-2H3,(H,17,19)/t9-,12?/m1/s1. The summed E-state index contributed by atoms with van der Waals surface area (Å²) in [5.74, 6) is -0.232. The molecule has 6 heteroatoms. The highest BCUT2D eigenvalue weighted by Crippen LogP contribution is 2.13. The molecule has 1 amide bonds. The van der Waals surface area contributed by atoms with Crippen LogP contribution in [0.3, 0.4) is 0 Å². The van der Waals surface area contributed by atoms with Gasteiger partial charge in [-0.2, -0.15) is 5.10 Å². The highest BCUT2D eigenvalue weighted by atomic mass is 16.2. The zero-order chi connectivity index (χ0) is 13.8. The number of carbonyl (C=O) groups excluding carboxylic acids is 1. The normalized spacial score (nSPS) is 13.8. The first-order chi connectivity index (χ1) is 9.08. The Morgan fingerprint density at radius 1 is 1.42 bits per heavy atom. The topological polar surface area (TPSA) is 85.8 Å². The van der Waals surface area contributed by atoms with Crippen molar-refractivity contribution in [3.8, 4) is 0 Å². The predicted octanol–water partition coefficient (Wildman–Crippen LogP) is 0.692. The minimum Gasteiger partial charge on any atom is -0.348 e. The van der Waals surface area contributed by atoms with Crippen LogP contribution in [0.5, 0.6) is 0 Å². The third-order valence-corrected chi connectivity index (χ3v) is 2.91. The van der Waals surface area contributed by atoms with Crippen molar-refractivity contribution in [1.82, 2.24) is 20.1 Å². The van der Waals surface area contributed by atoms with E-state index in [0.29, 0.717) is 5.56 Å². The maximum Gasteiger partial charge on any atom is 0.242 e. The number of aryl methyl sites for hydroxylation is 1. The summed E-state index contributed by atoms with van der Waals surface area (Å²) in [6.45, 7) is 1.89. The van der Waals surface area contributed by atoms with E-state index in [1.807, 2.05) is 19.1 Å². The van der Waals surface area contributed by atoms with E-state index < -0.39 is 6.04 Å². The van der Waals surface area contributed by atoms with E-state index in [9.17, 15) is 4.79 Å². The van der Waals surface area contributed by atoms with Crippen LogP contribution in [0.2, 0.25) is 0 Å². The third kappa shape index (κ3) is 3.17. The van der Waals surface area contributed by atoms with Gasteiger partial charge in [0.1, 0.15) is 6.04 Å². The van der Waals surface area contributed by atoms with Crippen LogP contribution in [0.4, 0.5) is 0 Å². The fraction of sp³-hybridized carbons (Fsp3) is 0.308. The lowest BCUT2D eigenvalue weighted by Crippen LogP contribution is -2.35. The Bertz CT molecular complexity index is 551. The molecule has 0 radical (unpaired) electrons. The number of hydrogen-bond donors (Lipinski definition) is 2. The molecule has 0 aromatic carbocycles. The maximum absolute atomic E-state index is 12.0. The SMILES string of the molecule is C[C@@H](NC(=O)C(N)c1cnn(C)c1)c1cccnc1. The van der Waals surface area contributed by atoms with Gasteiger partial charge in [0, 0.05) is 31.2 Å². The van der Waals surface area contributed by atoms with E-state index in [-0.39, 0.29) is 11.9 Å². The van der Waals surface area contributed by atoms with Crippen LogP contribution in [0.1, 0.15) is 30.1 Å². The highest BCUT2D eigenvalue weighted by molar-refractivity contribution is 5.83. The van der Waals surface area contributed by atoms with Crippen LogP contribution < -0.4 is 11.1 Å². The van der Waals surface area contributed by atoms with Crippen molar-refractivity contribution < 1.29 is 4.79 Å². The molecule has 2 aromatic rings. The third-order valence-electron chi connectivity index (χ3n) is 2.91. The van der Waals surface area contributed by atoms with E-state index in [2.05, 4.69) is 15.4 Å². The molecule has 19 heavy (non-hydrogen) atoms. The van der Waals surface area contributed by atoms with Crippen molar-refractivity contribution in [2.24, 2.45) is 12.8 Å². The summed E-state index contributed by atoms with van der Waals surface area (Å²) in [7, 11) is 1.78. The number of amides is 1. The van der Waals surface area contributed by atoms with Crippen molar-refractivity contribution in [3.63, 3.8) is 0 Å². The van der Waals surface area contributed by atoms with E-state index in [0.717, 1.165) is 5.56 Å². The van der Waals surface area contributed by atoms with Gasteiger partial charge in [-0.15, -0.1) is 0 Å². The molecule has 1 unspecified atom stereocenters. The number of aromatic nitrogens is 3. The van der Waals surface area contributed by atoms with Crippen LogP contribution >= 0.6 is 0 Å². The number of rotatable bonds is 4. The molecule has 100 valence electrons. The number of pyridine rings is 1. The van der Waals surface area contributed by atoms with Crippen molar-refractivity contribution in [2.45, 2.75) is 19.0 Å². The molecular formula is C13H17N5O. The Morgan fingerprint density at radius 3 is 2.79 bits per heavy atom. The number of carbonyl (C=O) groups is 1. The molecule has 0 spiro atoms. The van der Waals surface area contributed by atoms with Crippen LogP contribution in [0, 0.1) is 0 Å². The van der Waals surface area contributed by atoms with Crippen molar-refractivity contribution in [1.29, 1.82) is 0 Å². The zero-order valence-electron chi connectivity index (χ0n) is 10.9. The molecule has 3 N–H and O–H groups in total. The molecule has 2 aromatic heterocycles. The first-order valence-electron chi connectivity index (χ1n) is 6.02. The van der Waals surface area contributed by atoms with Gasteiger partial charge in [0.15, 0.2) is 0 Å². The Hall–Kier alpha value is -2.21. The van der Waals surface area contributed by atoms with Gasteiger partial charge >= 0.3 is 0 Å². The molecular weight excluding hydrogens is 242 g/mol. The lowest BCUT2D eigenvalue weighted by atomic mass is 10.1. The number of nitrogens with one attached hydrogen (secondary N) is 1. The smallest absolute Gasteiger partial charge is 0.242 e. The minimum atomic E-state index is -0.715. The average molecular weight is 259 g/mol. The summed E-state index contributed by atoms with van der Waals surface area (Å²) in [5.41, 5.74) is 7.53. The van der Waals surface area contributed by atoms with Crippen molar-refractivity contribution in [3.05, 3.63) is 48.0 Å². The second-order valence-electron chi connectivity index (χ2n) is 4.44. The number of nitrogens with zero attached hydrogens (tertiary/aromatic N) is 3. The lowest BCUT2D eigenvalue weighted by Gasteiger charge is -2.16. The van der Waals surface area contributed by atoms with Crippen LogP contribution in [-0.2, 0) is 11.8 Å². The molecule has 6 nitrogen and oxygen atoms in total. The Balaban J connectivity index is 2.01. The van der Waals surface area contributed by atoms with Gasteiger partial charge in [0.2, 0.25) is 5.91 Å². The molecule has 0 bridgehead atoms. The van der Waals surface area contributed by atoms with Crippen LogP contribution in [0.25, 0.3) is 0 Å². The maximum atomic E-state index is 12.0. The monoisotopic (exact) mass is 259 g/mol. The fourth-order valence-corrected chi connectivity index (χ4v) is 1.77. The van der Waals surface area contributed by atoms with Crippen LogP contribution in [0.15, 0.2) is 36.9 Å². The second-order valence-corrected chi connectivity index (χ2v) is 4.44. The van der Waals surface area contributed by atoms with Gasteiger partial charge in [0.05, 0.1) is 12.2 Å². The summed E-state index contributed by atoms with van der Waals surface area (Å²) in [6, 6.07) is 2.89. The van der Waals surface area contributed by atoms with E-state index in [4.69, 9.17) is 5.73 Å². The molecule has 0 fully saturated rings. The molecule has 2 rings (SSSR count). The summed E-state index contributed by atoms with van der Waals surface area (Å²) >= 11 is 0. The van der Waals surface area contributed by atoms with E-state index >= 15 is 0 Å². The number of nitrogens with two attached hydrogens (primary N) is 1. The largest absolute Gasteiger partial charge is 0.348 e. The van der Waals surface area contributed by atoms with E-state index in [1.165, 1.54) is 0 Å². The van der Waals surface area contributed by atoms with Crippen molar-refractivity contribution in [2.75, 3.05) is 0 Å². The fourth-order valence-electron chi connectivity index (χ4n) is 1.77. The van der Waals surface area contributed by atoms with Gasteiger partial charge in [-0.25, -0.2) is 0 Å². The summed E-state index contributed by atoms with van der Waals surface area (Å²) in [6.07, 6.45) is 6.75. The van der Waals surface area contributed by atoms with Crippen LogP contribution in [-0.4, -0.2) is 20.7 Å². The lowest BCUT2D eigenvalue weighted by molar-refractivity contribution is -0.123. The van der Waals surface area contributed by atoms with Gasteiger partial charge in [-0.1, -0.05) is 6.07 Å². The summed E-state index contributed by atoms with van der Waals surface area (Å²) in [4.78, 5) is 16.1. The van der Waals surface area contributed by atoms with Gasteiger partial charge in [-0.3, -0.25) is 14.5 Å². The Labute approximate surface area is 111 Å². The zero-order valence-corrected chi connectivity index (χ0v) is 10.9. The minimum absolute atomic E-state index is 0.135. The molecule has 0 saturated heterocycles. The molecule has 2 heterocycles. The first kappa shape index (κ1) is 13.2. The second kappa shape index (κ2) is 5.62. The molecule has 0 aliphatic rings. The van der Waals surface area contributed by atoms with Gasteiger partial charge < -0.3 is 11.1 Å². The summed E-state index contributed by atoms with van der Waals surface area (Å²) < 4.78 is 1.62. The highest BCUT2D eigenvalue weighted by Gasteiger charge is 2.19. The first-order valence-corrected chi connectivity index (χ1v) is 6.02. The van der Waals surface area contributed by atoms with Crippen molar-refractivity contribution >= 4 is 5.91 Å². The molecule has 0 saturated carbocycles. The molecule has 2 atom stereocenters. The van der Waals surface area contributed by atoms with Gasteiger partial charge in [-0.05, 0) is 18.6 Å². The van der Waals surface area contributed by atoms with Gasteiger partial charge in [0.25, 0.3) is 0 Å².